The fraction of sp³-hybridized carbons (Fsp3) is 0.533. The maximum Gasteiger partial charge on any atom is 0.308 e. The van der Waals surface area contributed by atoms with E-state index in [2.05, 4.69) is 4.90 Å². The number of benzene rings is 1. The third kappa shape index (κ3) is 4.12. The zero-order chi connectivity index (χ0) is 14.5. The second kappa shape index (κ2) is 6.95. The van der Waals surface area contributed by atoms with E-state index in [1.165, 1.54) is 0 Å². The first-order valence-corrected chi connectivity index (χ1v) is 7.27. The van der Waals surface area contributed by atoms with E-state index in [0.29, 0.717) is 18.2 Å². The molecular weight excluding hydrogens is 278 g/mol. The summed E-state index contributed by atoms with van der Waals surface area (Å²) in [5.74, 6) is 0.127. The van der Waals surface area contributed by atoms with Crippen molar-refractivity contribution in [3.63, 3.8) is 0 Å². The number of nitrogens with zero attached hydrogens (tertiary/aromatic N) is 1. The first kappa shape index (κ1) is 15.1. The minimum absolute atomic E-state index is 0.227. The molecule has 0 aromatic heterocycles. The molecule has 0 unspecified atom stereocenters. The third-order valence-corrected chi connectivity index (χ3v) is 3.96. The lowest BCUT2D eigenvalue weighted by Gasteiger charge is -2.15. The number of likely N-dealkylation sites (tertiary alicyclic amines) is 1. The Bertz CT molecular complexity index is 449. The van der Waals surface area contributed by atoms with Crippen LogP contribution < -0.4 is 4.74 Å². The highest BCUT2D eigenvalue weighted by Crippen LogP contribution is 2.23. The van der Waals surface area contributed by atoms with E-state index in [0.717, 1.165) is 25.3 Å². The lowest BCUT2D eigenvalue weighted by molar-refractivity contribution is -0.142. The predicted octanol–water partition coefficient (Wildman–Crippen LogP) is 2.76. The highest BCUT2D eigenvalue weighted by Gasteiger charge is 2.34. The molecule has 0 saturated carbocycles. The molecule has 1 aliphatic rings. The molecule has 0 bridgehead atoms. The normalized spacial score (nSPS) is 22.9. The van der Waals surface area contributed by atoms with E-state index in [-0.39, 0.29) is 11.8 Å². The molecule has 20 heavy (non-hydrogen) atoms. The van der Waals surface area contributed by atoms with Gasteiger partial charge in [-0.1, -0.05) is 18.5 Å². The molecule has 0 amide bonds. The average Bonchev–Trinajstić information content (AvgIpc) is 2.78. The van der Waals surface area contributed by atoms with Crippen LogP contribution in [0.1, 0.15) is 13.3 Å². The van der Waals surface area contributed by atoms with Gasteiger partial charge in [-0.25, -0.2) is 0 Å². The lowest BCUT2D eigenvalue weighted by atomic mass is 9.99. The number of aliphatic carboxylic acids is 1. The van der Waals surface area contributed by atoms with Crippen LogP contribution in [-0.4, -0.2) is 42.2 Å². The van der Waals surface area contributed by atoms with Gasteiger partial charge in [0, 0.05) is 24.7 Å². The Hall–Kier alpha value is -1.26. The van der Waals surface area contributed by atoms with Gasteiger partial charge in [-0.15, -0.1) is 0 Å². The highest BCUT2D eigenvalue weighted by atomic mass is 35.5. The van der Waals surface area contributed by atoms with Crippen molar-refractivity contribution in [3.05, 3.63) is 29.3 Å². The van der Waals surface area contributed by atoms with Crippen LogP contribution in [0, 0.1) is 11.8 Å². The topological polar surface area (TPSA) is 49.8 Å². The third-order valence-electron chi connectivity index (χ3n) is 3.71. The summed E-state index contributed by atoms with van der Waals surface area (Å²) in [6.45, 7) is 5.02. The molecule has 2 atom stereocenters. The van der Waals surface area contributed by atoms with E-state index >= 15 is 0 Å². The van der Waals surface area contributed by atoms with E-state index in [4.69, 9.17) is 21.4 Å². The highest BCUT2D eigenvalue weighted by molar-refractivity contribution is 6.30. The van der Waals surface area contributed by atoms with Crippen LogP contribution in [0.3, 0.4) is 0 Å². The number of carboxylic acid groups (broad SMARTS) is 1. The van der Waals surface area contributed by atoms with E-state index in [9.17, 15) is 4.79 Å². The number of carboxylic acids is 1. The molecule has 0 spiro atoms. The van der Waals surface area contributed by atoms with Crippen molar-refractivity contribution in [2.75, 3.05) is 26.2 Å². The molecule has 1 saturated heterocycles. The zero-order valence-electron chi connectivity index (χ0n) is 11.6. The van der Waals surface area contributed by atoms with Gasteiger partial charge in [0.15, 0.2) is 0 Å². The Kier molecular flexibility index (Phi) is 5.26. The van der Waals surface area contributed by atoms with E-state index in [1.54, 1.807) is 12.1 Å². The minimum Gasteiger partial charge on any atom is -0.494 e. The van der Waals surface area contributed by atoms with Crippen molar-refractivity contribution in [2.45, 2.75) is 13.3 Å². The van der Waals surface area contributed by atoms with Crippen molar-refractivity contribution >= 4 is 17.6 Å². The van der Waals surface area contributed by atoms with Gasteiger partial charge in [-0.05, 0) is 36.6 Å². The van der Waals surface area contributed by atoms with Crippen molar-refractivity contribution in [3.8, 4) is 5.75 Å². The first-order chi connectivity index (χ1) is 9.56. The standard InChI is InChI=1S/C15H20ClNO3/c1-11-9-17(10-14(11)15(18)19)7-2-8-20-13-5-3-12(16)4-6-13/h3-6,11,14H,2,7-10H2,1H3,(H,18,19)/t11-,14-/m1/s1. The number of carbonyl (C=O) groups is 1. The number of rotatable bonds is 6. The molecular formula is C15H20ClNO3. The SMILES string of the molecule is C[C@@H]1CN(CCCOc2ccc(Cl)cc2)C[C@H]1C(=O)O. The van der Waals surface area contributed by atoms with Gasteiger partial charge >= 0.3 is 5.97 Å². The fourth-order valence-corrected chi connectivity index (χ4v) is 2.71. The van der Waals surface area contributed by atoms with Crippen molar-refractivity contribution in [2.24, 2.45) is 11.8 Å². The van der Waals surface area contributed by atoms with E-state index in [1.807, 2.05) is 19.1 Å². The van der Waals surface area contributed by atoms with Gasteiger partial charge in [-0.3, -0.25) is 4.79 Å². The van der Waals surface area contributed by atoms with Crippen LogP contribution in [-0.2, 0) is 4.79 Å². The Morgan fingerprint density at radius 3 is 2.70 bits per heavy atom. The van der Waals surface area contributed by atoms with Crippen LogP contribution in [0.4, 0.5) is 0 Å². The minimum atomic E-state index is -0.683. The van der Waals surface area contributed by atoms with Gasteiger partial charge in [0.05, 0.1) is 12.5 Å². The van der Waals surface area contributed by atoms with Gasteiger partial charge < -0.3 is 14.7 Å². The van der Waals surface area contributed by atoms with Crippen LogP contribution >= 0.6 is 11.6 Å². The van der Waals surface area contributed by atoms with Crippen molar-refractivity contribution < 1.29 is 14.6 Å². The Morgan fingerprint density at radius 1 is 1.40 bits per heavy atom. The summed E-state index contributed by atoms with van der Waals surface area (Å²) < 4.78 is 5.62. The number of ether oxygens (including phenoxy) is 1. The summed E-state index contributed by atoms with van der Waals surface area (Å²) in [5.41, 5.74) is 0. The Labute approximate surface area is 124 Å². The molecule has 1 aromatic carbocycles. The van der Waals surface area contributed by atoms with Crippen molar-refractivity contribution in [1.29, 1.82) is 0 Å². The molecule has 2 rings (SSSR count). The summed E-state index contributed by atoms with van der Waals surface area (Å²) in [7, 11) is 0. The van der Waals surface area contributed by atoms with Crippen molar-refractivity contribution in [1.82, 2.24) is 4.90 Å². The second-order valence-electron chi connectivity index (χ2n) is 5.34. The molecule has 1 aliphatic heterocycles. The van der Waals surface area contributed by atoms with Crippen LogP contribution in [0.5, 0.6) is 5.75 Å². The molecule has 5 heteroatoms. The Morgan fingerprint density at radius 2 is 2.10 bits per heavy atom. The van der Waals surface area contributed by atoms with Gasteiger partial charge in [0.2, 0.25) is 0 Å². The Balaban J connectivity index is 1.67. The largest absolute Gasteiger partial charge is 0.494 e. The summed E-state index contributed by atoms with van der Waals surface area (Å²) >= 11 is 5.80. The number of halogens is 1. The average molecular weight is 298 g/mol. The predicted molar refractivity (Wildman–Crippen MR) is 78.3 cm³/mol. The molecule has 4 nitrogen and oxygen atoms in total. The smallest absolute Gasteiger partial charge is 0.308 e. The lowest BCUT2D eigenvalue weighted by Crippen LogP contribution is -2.25. The fourth-order valence-electron chi connectivity index (χ4n) is 2.58. The molecule has 1 fully saturated rings. The van der Waals surface area contributed by atoms with Gasteiger partial charge in [-0.2, -0.15) is 0 Å². The van der Waals surface area contributed by atoms with Crippen LogP contribution in [0.15, 0.2) is 24.3 Å². The molecule has 0 aliphatic carbocycles. The monoisotopic (exact) mass is 297 g/mol. The maximum absolute atomic E-state index is 11.0. The number of hydrogen-bond donors (Lipinski definition) is 1. The molecule has 0 radical (unpaired) electrons. The number of hydrogen-bond acceptors (Lipinski definition) is 3. The molecule has 1 aromatic rings. The summed E-state index contributed by atoms with van der Waals surface area (Å²) in [5, 5.41) is 9.78. The zero-order valence-corrected chi connectivity index (χ0v) is 12.3. The first-order valence-electron chi connectivity index (χ1n) is 6.90. The molecule has 110 valence electrons. The van der Waals surface area contributed by atoms with Crippen LogP contribution in [0.25, 0.3) is 0 Å². The summed E-state index contributed by atoms with van der Waals surface area (Å²) in [6.07, 6.45) is 0.891. The summed E-state index contributed by atoms with van der Waals surface area (Å²) in [6, 6.07) is 7.30. The maximum atomic E-state index is 11.0. The molecule has 1 heterocycles. The van der Waals surface area contributed by atoms with Gasteiger partial charge in [0.1, 0.15) is 5.75 Å². The quantitative estimate of drug-likeness (QED) is 0.820. The van der Waals surface area contributed by atoms with Crippen LogP contribution in [0.2, 0.25) is 5.02 Å². The summed E-state index contributed by atoms with van der Waals surface area (Å²) in [4.78, 5) is 13.2. The second-order valence-corrected chi connectivity index (χ2v) is 5.77. The van der Waals surface area contributed by atoms with E-state index < -0.39 is 5.97 Å². The molecule has 1 N–H and O–H groups in total. The van der Waals surface area contributed by atoms with Gasteiger partial charge in [0.25, 0.3) is 0 Å².